The second kappa shape index (κ2) is 9.45. The summed E-state index contributed by atoms with van der Waals surface area (Å²) in [5, 5.41) is 0. The lowest BCUT2D eigenvalue weighted by Gasteiger charge is -2.31. The van der Waals surface area contributed by atoms with Crippen molar-refractivity contribution in [2.24, 2.45) is 0 Å². The Labute approximate surface area is 171 Å². The van der Waals surface area contributed by atoms with Crippen molar-refractivity contribution in [3.05, 3.63) is 29.8 Å². The molecule has 3 nitrogen and oxygen atoms in total. The van der Waals surface area contributed by atoms with Crippen LogP contribution in [0.3, 0.4) is 0 Å². The van der Waals surface area contributed by atoms with Gasteiger partial charge in [-0.3, -0.25) is 4.18 Å². The molecule has 0 radical (unpaired) electrons. The Hall–Kier alpha value is -0.630. The maximum Gasteiger partial charge on any atom is 0.431 e. The summed E-state index contributed by atoms with van der Waals surface area (Å²) in [7, 11) is -4.00. The summed E-state index contributed by atoms with van der Waals surface area (Å²) in [6.45, 7) is 1.47. The van der Waals surface area contributed by atoms with Crippen LogP contribution in [0.15, 0.2) is 29.2 Å². The maximum absolute atomic E-state index is 13.6. The molecule has 0 fully saturated rings. The second-order valence-electron chi connectivity index (χ2n) is 6.18. The van der Waals surface area contributed by atoms with Gasteiger partial charge in [0, 0.05) is 10.3 Å². The summed E-state index contributed by atoms with van der Waals surface area (Å²) < 4.78 is 116. The predicted molar refractivity (Wildman–Crippen MR) is 96.5 cm³/mol. The van der Waals surface area contributed by atoms with E-state index in [-0.39, 0.29) is 30.8 Å². The molecule has 162 valence electrons. The predicted octanol–water partition coefficient (Wildman–Crippen LogP) is 5.90. The van der Waals surface area contributed by atoms with Gasteiger partial charge in [0.25, 0.3) is 15.8 Å². The first-order chi connectivity index (χ1) is 12.6. The monoisotopic (exact) mass is 550 g/mol. The number of hydrogen-bond acceptors (Lipinski definition) is 3. The Bertz CT molecular complexity index is 716. The SMILES string of the molecule is Cc1ccc(S(=O)(=O)OCCCCC(I)CC(F)(C(F)(F)F)C(F)(F)F)cc1. The second-order valence-corrected chi connectivity index (χ2v) is 9.56. The van der Waals surface area contributed by atoms with Crippen LogP contribution in [-0.4, -0.2) is 37.0 Å². The summed E-state index contributed by atoms with van der Waals surface area (Å²) in [4.78, 5) is -0.0672. The van der Waals surface area contributed by atoms with Crippen LogP contribution in [-0.2, 0) is 14.3 Å². The van der Waals surface area contributed by atoms with Crippen LogP contribution in [0.1, 0.15) is 31.2 Å². The lowest BCUT2D eigenvalue weighted by molar-refractivity contribution is -0.342. The van der Waals surface area contributed by atoms with Gasteiger partial charge in [0.05, 0.1) is 11.5 Å². The zero-order valence-electron chi connectivity index (χ0n) is 14.6. The molecule has 1 aromatic rings. The van der Waals surface area contributed by atoms with E-state index in [0.717, 1.165) is 5.56 Å². The first kappa shape index (κ1) is 25.4. The molecular formula is C16H18F7IO3S. The molecule has 0 heterocycles. The van der Waals surface area contributed by atoms with Gasteiger partial charge in [-0.2, -0.15) is 34.8 Å². The summed E-state index contributed by atoms with van der Waals surface area (Å²) in [6.07, 6.45) is -13.9. The fourth-order valence-corrected chi connectivity index (χ4v) is 4.20. The minimum absolute atomic E-state index is 0.0672. The quantitative estimate of drug-likeness (QED) is 0.127. The summed E-state index contributed by atoms with van der Waals surface area (Å²) >= 11 is 1.33. The van der Waals surface area contributed by atoms with E-state index in [0.29, 0.717) is 0 Å². The molecule has 12 heteroatoms. The van der Waals surface area contributed by atoms with Crippen molar-refractivity contribution < 1.29 is 43.3 Å². The highest BCUT2D eigenvalue weighted by Crippen LogP contribution is 2.50. The Morgan fingerprint density at radius 1 is 0.964 bits per heavy atom. The van der Waals surface area contributed by atoms with Crippen molar-refractivity contribution in [3.8, 4) is 0 Å². The zero-order chi connectivity index (χ0) is 21.8. The molecule has 0 saturated carbocycles. The molecule has 1 aromatic carbocycles. The number of aryl methyl sites for hydroxylation is 1. The first-order valence-corrected chi connectivity index (χ1v) is 10.7. The summed E-state index contributed by atoms with van der Waals surface area (Å²) in [5.74, 6) is 0. The minimum Gasteiger partial charge on any atom is -0.266 e. The van der Waals surface area contributed by atoms with Gasteiger partial charge < -0.3 is 0 Å². The van der Waals surface area contributed by atoms with Crippen molar-refractivity contribution in [3.63, 3.8) is 0 Å². The zero-order valence-corrected chi connectivity index (χ0v) is 17.6. The van der Waals surface area contributed by atoms with Gasteiger partial charge in [0.2, 0.25) is 0 Å². The third-order valence-corrected chi connectivity index (χ3v) is 6.25. The van der Waals surface area contributed by atoms with Crippen molar-refractivity contribution >= 4 is 32.7 Å². The molecule has 0 amide bonds. The Balaban J connectivity index is 2.50. The van der Waals surface area contributed by atoms with Crippen molar-refractivity contribution in [1.29, 1.82) is 0 Å². The molecule has 1 atom stereocenters. The van der Waals surface area contributed by atoms with E-state index < -0.39 is 38.5 Å². The number of unbranched alkanes of at least 4 members (excludes halogenated alkanes) is 1. The van der Waals surface area contributed by atoms with Crippen LogP contribution in [0.5, 0.6) is 0 Å². The number of benzene rings is 1. The van der Waals surface area contributed by atoms with E-state index in [1.807, 2.05) is 0 Å². The van der Waals surface area contributed by atoms with E-state index in [4.69, 9.17) is 4.18 Å². The third kappa shape index (κ3) is 6.71. The summed E-state index contributed by atoms with van der Waals surface area (Å²) in [5.41, 5.74) is -4.44. The highest BCUT2D eigenvalue weighted by atomic mass is 127. The van der Waals surface area contributed by atoms with Crippen molar-refractivity contribution in [1.82, 2.24) is 0 Å². The minimum atomic E-state index is -6.07. The van der Waals surface area contributed by atoms with Gasteiger partial charge in [-0.05, 0) is 31.9 Å². The maximum atomic E-state index is 13.6. The third-order valence-electron chi connectivity index (χ3n) is 3.86. The molecule has 28 heavy (non-hydrogen) atoms. The molecule has 0 saturated heterocycles. The first-order valence-electron chi connectivity index (χ1n) is 8.03. The molecule has 0 aromatic heterocycles. The standard InChI is InChI=1S/C16H18F7IO3S/c1-11-5-7-13(8-6-11)28(25,26)27-9-3-2-4-12(24)10-14(17,15(18,19)20)16(21,22)23/h5-8,12H,2-4,9-10H2,1H3. The number of alkyl halides is 8. The average molecular weight is 550 g/mol. The van der Waals surface area contributed by atoms with Gasteiger partial charge in [0.1, 0.15) is 0 Å². The van der Waals surface area contributed by atoms with Crippen LogP contribution in [0.25, 0.3) is 0 Å². The largest absolute Gasteiger partial charge is 0.431 e. The van der Waals surface area contributed by atoms with Crippen LogP contribution >= 0.6 is 22.6 Å². The van der Waals surface area contributed by atoms with Crippen LogP contribution < -0.4 is 0 Å². The molecule has 0 bridgehead atoms. The van der Waals surface area contributed by atoms with Gasteiger partial charge >= 0.3 is 12.4 Å². The molecule has 1 rings (SSSR count). The van der Waals surface area contributed by atoms with E-state index in [1.165, 1.54) is 34.7 Å². The smallest absolute Gasteiger partial charge is 0.266 e. The highest BCUT2D eigenvalue weighted by Gasteiger charge is 2.72. The normalized spacial score (nSPS) is 14.9. The number of rotatable bonds is 9. The highest BCUT2D eigenvalue weighted by molar-refractivity contribution is 14.1. The average Bonchev–Trinajstić information content (AvgIpc) is 2.52. The Morgan fingerprint density at radius 2 is 1.46 bits per heavy atom. The fourth-order valence-electron chi connectivity index (χ4n) is 2.21. The van der Waals surface area contributed by atoms with E-state index in [9.17, 15) is 39.2 Å². The lowest BCUT2D eigenvalue weighted by atomic mass is 9.96. The van der Waals surface area contributed by atoms with Gasteiger partial charge in [-0.15, -0.1) is 0 Å². The van der Waals surface area contributed by atoms with E-state index >= 15 is 0 Å². The molecular weight excluding hydrogens is 532 g/mol. The number of hydrogen-bond donors (Lipinski definition) is 0. The van der Waals surface area contributed by atoms with Crippen molar-refractivity contribution in [2.75, 3.05) is 6.61 Å². The topological polar surface area (TPSA) is 43.4 Å². The van der Waals surface area contributed by atoms with E-state index in [2.05, 4.69) is 0 Å². The van der Waals surface area contributed by atoms with Crippen LogP contribution in [0.2, 0.25) is 0 Å². The Morgan fingerprint density at radius 3 is 1.93 bits per heavy atom. The summed E-state index contributed by atoms with van der Waals surface area (Å²) in [6, 6.07) is 5.84. The molecule has 0 spiro atoms. The van der Waals surface area contributed by atoms with Gasteiger partial charge in [-0.1, -0.05) is 46.7 Å². The lowest BCUT2D eigenvalue weighted by Crippen LogP contribution is -2.54. The van der Waals surface area contributed by atoms with E-state index in [1.54, 1.807) is 19.1 Å². The molecule has 0 aliphatic rings. The van der Waals surface area contributed by atoms with Crippen LogP contribution in [0.4, 0.5) is 30.7 Å². The van der Waals surface area contributed by atoms with Crippen LogP contribution in [0, 0.1) is 6.92 Å². The molecule has 0 N–H and O–H groups in total. The molecule has 0 aliphatic heterocycles. The van der Waals surface area contributed by atoms with Gasteiger partial charge in [-0.25, -0.2) is 4.39 Å². The van der Waals surface area contributed by atoms with Crippen molar-refractivity contribution in [2.45, 2.75) is 59.4 Å². The molecule has 0 aliphatic carbocycles. The number of halogens is 8. The van der Waals surface area contributed by atoms with Gasteiger partial charge in [0.15, 0.2) is 0 Å². The molecule has 1 unspecified atom stereocenters. The fraction of sp³-hybridized carbons (Fsp3) is 0.625. The Kier molecular flexibility index (Phi) is 8.58.